The topological polar surface area (TPSA) is 49.4 Å². The number of hydrogen-bond donors (Lipinski definition) is 1. The molecule has 2 amide bonds. The van der Waals surface area contributed by atoms with Crippen LogP contribution in [0.5, 0.6) is 0 Å². The van der Waals surface area contributed by atoms with Gasteiger partial charge in [0.25, 0.3) is 0 Å². The molecule has 1 rings (SSSR count). The van der Waals surface area contributed by atoms with Crippen LogP contribution in [0.1, 0.15) is 40.5 Å². The second-order valence-corrected chi connectivity index (χ2v) is 5.51. The molecule has 1 heterocycles. The van der Waals surface area contributed by atoms with Crippen molar-refractivity contribution >= 4 is 11.8 Å². The van der Waals surface area contributed by atoms with Crippen molar-refractivity contribution in [3.05, 3.63) is 0 Å². The zero-order chi connectivity index (χ0) is 13.9. The van der Waals surface area contributed by atoms with E-state index in [9.17, 15) is 14.0 Å². The fourth-order valence-corrected chi connectivity index (χ4v) is 2.28. The van der Waals surface area contributed by atoms with Crippen molar-refractivity contribution in [2.45, 2.75) is 52.1 Å². The molecule has 1 N–H and O–H groups in total. The first-order valence-corrected chi connectivity index (χ1v) is 6.54. The van der Waals surface area contributed by atoms with Crippen LogP contribution in [0.4, 0.5) is 4.39 Å². The van der Waals surface area contributed by atoms with Gasteiger partial charge in [0.2, 0.25) is 11.8 Å². The number of nitrogens with zero attached hydrogens (tertiary/aromatic N) is 1. The molecule has 0 aliphatic carbocycles. The number of piperazine rings is 1. The first kappa shape index (κ1) is 14.9. The molecule has 104 valence electrons. The van der Waals surface area contributed by atoms with Gasteiger partial charge >= 0.3 is 0 Å². The smallest absolute Gasteiger partial charge is 0.248 e. The van der Waals surface area contributed by atoms with Crippen LogP contribution in [0.3, 0.4) is 0 Å². The molecule has 5 heteroatoms. The normalized spacial score (nSPS) is 28.8. The highest BCUT2D eigenvalue weighted by Crippen LogP contribution is 2.24. The summed E-state index contributed by atoms with van der Waals surface area (Å²) in [6.45, 7) is 6.89. The number of carbonyl (C=O) groups excluding carboxylic acids is 2. The molecule has 4 nitrogen and oxygen atoms in total. The van der Waals surface area contributed by atoms with E-state index in [1.54, 1.807) is 6.92 Å². The van der Waals surface area contributed by atoms with Crippen LogP contribution in [0, 0.1) is 5.92 Å². The first-order chi connectivity index (χ1) is 8.35. The Kier molecular flexibility index (Phi) is 4.71. The van der Waals surface area contributed by atoms with Gasteiger partial charge in [0.05, 0.1) is 0 Å². The Morgan fingerprint density at radius 2 is 2.06 bits per heavy atom. The first-order valence-electron chi connectivity index (χ1n) is 6.54. The fraction of sp³-hybridized carbons (Fsp3) is 0.846. The lowest BCUT2D eigenvalue weighted by Crippen LogP contribution is -2.69. The molecule has 1 aliphatic heterocycles. The molecular weight excluding hydrogens is 235 g/mol. The van der Waals surface area contributed by atoms with Gasteiger partial charge in [-0.05, 0) is 25.7 Å². The lowest BCUT2D eigenvalue weighted by molar-refractivity contribution is -0.155. The van der Waals surface area contributed by atoms with Gasteiger partial charge in [-0.1, -0.05) is 20.8 Å². The van der Waals surface area contributed by atoms with E-state index in [4.69, 9.17) is 0 Å². The molecule has 18 heavy (non-hydrogen) atoms. The Morgan fingerprint density at radius 1 is 1.44 bits per heavy atom. The molecule has 0 aromatic heterocycles. The standard InChI is InChI=1S/C13H23FN2O2/c1-5-13(4)12(18)16(7-6-14)10(8-9(2)3)11(17)15-13/h9-10H,5-8H2,1-4H3,(H,15,17). The van der Waals surface area contributed by atoms with Gasteiger partial charge in [0.1, 0.15) is 18.3 Å². The zero-order valence-electron chi connectivity index (χ0n) is 11.6. The van der Waals surface area contributed by atoms with Crippen molar-refractivity contribution < 1.29 is 14.0 Å². The van der Waals surface area contributed by atoms with E-state index in [0.29, 0.717) is 12.8 Å². The second kappa shape index (κ2) is 5.67. The zero-order valence-corrected chi connectivity index (χ0v) is 11.6. The summed E-state index contributed by atoms with van der Waals surface area (Å²) in [5, 5.41) is 2.78. The van der Waals surface area contributed by atoms with Gasteiger partial charge < -0.3 is 10.2 Å². The number of amides is 2. The summed E-state index contributed by atoms with van der Waals surface area (Å²) in [4.78, 5) is 25.9. The summed E-state index contributed by atoms with van der Waals surface area (Å²) in [6, 6.07) is -0.534. The summed E-state index contributed by atoms with van der Waals surface area (Å²) >= 11 is 0. The molecular formula is C13H23FN2O2. The van der Waals surface area contributed by atoms with E-state index in [1.807, 2.05) is 20.8 Å². The molecule has 1 fully saturated rings. The van der Waals surface area contributed by atoms with Crippen molar-refractivity contribution in [2.75, 3.05) is 13.2 Å². The van der Waals surface area contributed by atoms with Crippen LogP contribution in [-0.4, -0.2) is 41.5 Å². The summed E-state index contributed by atoms with van der Waals surface area (Å²) in [5.74, 6) is -0.0596. The number of alkyl halides is 1. The number of rotatable bonds is 5. The van der Waals surface area contributed by atoms with Crippen molar-refractivity contribution in [2.24, 2.45) is 5.92 Å². The Balaban J connectivity index is 2.99. The summed E-state index contributed by atoms with van der Waals surface area (Å²) in [7, 11) is 0. The van der Waals surface area contributed by atoms with Crippen LogP contribution in [-0.2, 0) is 9.59 Å². The lowest BCUT2D eigenvalue weighted by atomic mass is 9.89. The van der Waals surface area contributed by atoms with Crippen LogP contribution in [0.15, 0.2) is 0 Å². The Morgan fingerprint density at radius 3 is 2.50 bits per heavy atom. The predicted molar refractivity (Wildman–Crippen MR) is 67.8 cm³/mol. The van der Waals surface area contributed by atoms with E-state index in [-0.39, 0.29) is 24.3 Å². The maximum Gasteiger partial charge on any atom is 0.248 e. The van der Waals surface area contributed by atoms with Gasteiger partial charge in [-0.2, -0.15) is 0 Å². The van der Waals surface area contributed by atoms with Crippen molar-refractivity contribution in [3.8, 4) is 0 Å². The third-order valence-corrected chi connectivity index (χ3v) is 3.54. The van der Waals surface area contributed by atoms with E-state index in [1.165, 1.54) is 4.90 Å². The number of nitrogens with one attached hydrogen (secondary N) is 1. The highest BCUT2D eigenvalue weighted by molar-refractivity contribution is 5.99. The largest absolute Gasteiger partial charge is 0.340 e. The summed E-state index contributed by atoms with van der Waals surface area (Å²) < 4.78 is 12.6. The number of halogens is 1. The van der Waals surface area contributed by atoms with Crippen LogP contribution in [0.2, 0.25) is 0 Å². The highest BCUT2D eigenvalue weighted by atomic mass is 19.1. The average molecular weight is 258 g/mol. The monoisotopic (exact) mass is 258 g/mol. The molecule has 2 unspecified atom stereocenters. The molecule has 1 saturated heterocycles. The minimum atomic E-state index is -0.889. The molecule has 0 spiro atoms. The molecule has 0 aromatic rings. The van der Waals surface area contributed by atoms with E-state index in [0.717, 1.165) is 0 Å². The molecule has 1 aliphatic rings. The van der Waals surface area contributed by atoms with E-state index in [2.05, 4.69) is 5.32 Å². The SMILES string of the molecule is CCC1(C)NC(=O)C(CC(C)C)N(CCF)C1=O. The second-order valence-electron chi connectivity index (χ2n) is 5.51. The number of hydrogen-bond acceptors (Lipinski definition) is 2. The van der Waals surface area contributed by atoms with Gasteiger partial charge in [-0.3, -0.25) is 9.59 Å². The maximum atomic E-state index is 12.6. The maximum absolute atomic E-state index is 12.6. The third kappa shape index (κ3) is 2.82. The van der Waals surface area contributed by atoms with E-state index >= 15 is 0 Å². The Bertz CT molecular complexity index is 333. The summed E-state index contributed by atoms with van der Waals surface area (Å²) in [6.07, 6.45) is 1.08. The van der Waals surface area contributed by atoms with Gasteiger partial charge in [-0.15, -0.1) is 0 Å². The van der Waals surface area contributed by atoms with Gasteiger partial charge in [0, 0.05) is 6.54 Å². The minimum absolute atomic E-state index is 0.000764. The molecule has 0 radical (unpaired) electrons. The third-order valence-electron chi connectivity index (χ3n) is 3.54. The molecule has 0 bridgehead atoms. The Labute approximate surface area is 108 Å². The highest BCUT2D eigenvalue weighted by Gasteiger charge is 2.46. The van der Waals surface area contributed by atoms with Gasteiger partial charge in [-0.25, -0.2) is 4.39 Å². The molecule has 0 saturated carbocycles. The molecule has 0 aromatic carbocycles. The van der Waals surface area contributed by atoms with Crippen molar-refractivity contribution in [1.29, 1.82) is 0 Å². The van der Waals surface area contributed by atoms with Crippen LogP contribution >= 0.6 is 0 Å². The van der Waals surface area contributed by atoms with Crippen LogP contribution < -0.4 is 5.32 Å². The fourth-order valence-electron chi connectivity index (χ4n) is 2.28. The number of carbonyl (C=O) groups is 2. The Hall–Kier alpha value is -1.13. The van der Waals surface area contributed by atoms with Crippen LogP contribution in [0.25, 0.3) is 0 Å². The average Bonchev–Trinajstić information content (AvgIpc) is 2.30. The minimum Gasteiger partial charge on any atom is -0.340 e. The lowest BCUT2D eigenvalue weighted by Gasteiger charge is -2.44. The van der Waals surface area contributed by atoms with Gasteiger partial charge in [0.15, 0.2) is 0 Å². The van der Waals surface area contributed by atoms with Crippen molar-refractivity contribution in [1.82, 2.24) is 10.2 Å². The van der Waals surface area contributed by atoms with E-state index < -0.39 is 18.3 Å². The summed E-state index contributed by atoms with van der Waals surface area (Å²) in [5.41, 5.74) is -0.889. The molecule has 2 atom stereocenters. The quantitative estimate of drug-likeness (QED) is 0.812. The predicted octanol–water partition coefficient (Wildman–Crippen LogP) is 1.50. The van der Waals surface area contributed by atoms with Crippen molar-refractivity contribution in [3.63, 3.8) is 0 Å².